The van der Waals surface area contributed by atoms with Gasteiger partial charge in [-0.1, -0.05) is 46.0 Å². The molecule has 3 heteroatoms. The van der Waals surface area contributed by atoms with E-state index in [0.717, 1.165) is 19.3 Å². The quantitative estimate of drug-likeness (QED) is 0.596. The van der Waals surface area contributed by atoms with Crippen molar-refractivity contribution in [1.29, 1.82) is 0 Å². The van der Waals surface area contributed by atoms with Crippen molar-refractivity contribution in [2.45, 2.75) is 77.8 Å². The Labute approximate surface area is 100 Å². The van der Waals surface area contributed by atoms with Crippen LogP contribution in [-0.2, 0) is 4.79 Å². The molecule has 0 spiro atoms. The monoisotopic (exact) mass is 228 g/mol. The van der Waals surface area contributed by atoms with Crippen molar-refractivity contribution in [1.82, 2.24) is 5.32 Å². The first-order valence-electron chi connectivity index (χ1n) is 6.67. The Bertz CT molecular complexity index is 183. The summed E-state index contributed by atoms with van der Waals surface area (Å²) in [6.07, 6.45) is 7.78. The van der Waals surface area contributed by atoms with E-state index in [1.165, 1.54) is 25.7 Å². The average Bonchev–Trinajstić information content (AvgIpc) is 2.24. The first kappa shape index (κ1) is 15.4. The van der Waals surface area contributed by atoms with E-state index in [1.54, 1.807) is 0 Å². The number of nitrogens with one attached hydrogen (secondary N) is 1. The van der Waals surface area contributed by atoms with Gasteiger partial charge in [-0.15, -0.1) is 0 Å². The summed E-state index contributed by atoms with van der Waals surface area (Å²) in [7, 11) is 0. The molecular weight excluding hydrogens is 200 g/mol. The predicted molar refractivity (Wildman–Crippen MR) is 69.2 cm³/mol. The fourth-order valence-electron chi connectivity index (χ4n) is 1.74. The molecule has 0 fully saturated rings. The minimum absolute atomic E-state index is 0.00448. The van der Waals surface area contributed by atoms with E-state index in [-0.39, 0.29) is 18.0 Å². The van der Waals surface area contributed by atoms with Crippen molar-refractivity contribution >= 4 is 5.91 Å². The van der Waals surface area contributed by atoms with Crippen molar-refractivity contribution in [3.05, 3.63) is 0 Å². The molecule has 2 atom stereocenters. The summed E-state index contributed by atoms with van der Waals surface area (Å²) in [5, 5.41) is 2.98. The number of unbranched alkanes of at least 4 members (excludes halogenated alkanes) is 3. The van der Waals surface area contributed by atoms with Crippen LogP contribution in [0.5, 0.6) is 0 Å². The summed E-state index contributed by atoms with van der Waals surface area (Å²) >= 11 is 0. The van der Waals surface area contributed by atoms with Crippen LogP contribution in [0.25, 0.3) is 0 Å². The molecule has 0 saturated carbocycles. The van der Waals surface area contributed by atoms with Crippen LogP contribution in [0.1, 0.15) is 65.7 Å². The first-order valence-corrected chi connectivity index (χ1v) is 6.67. The summed E-state index contributed by atoms with van der Waals surface area (Å²) in [4.78, 5) is 11.6. The Kier molecular flexibility index (Phi) is 9.30. The number of rotatable bonds is 9. The lowest BCUT2D eigenvalue weighted by Gasteiger charge is -2.17. The molecular formula is C13H28N2O. The summed E-state index contributed by atoms with van der Waals surface area (Å²) in [6, 6.07) is -0.0737. The van der Waals surface area contributed by atoms with Gasteiger partial charge in [0.25, 0.3) is 0 Å². The highest BCUT2D eigenvalue weighted by Gasteiger charge is 2.14. The van der Waals surface area contributed by atoms with Gasteiger partial charge in [0.05, 0.1) is 6.04 Å². The molecule has 3 nitrogen and oxygen atoms in total. The van der Waals surface area contributed by atoms with Gasteiger partial charge in [0.2, 0.25) is 5.91 Å². The largest absolute Gasteiger partial charge is 0.352 e. The third kappa shape index (κ3) is 7.69. The average molecular weight is 228 g/mol. The van der Waals surface area contributed by atoms with Crippen molar-refractivity contribution in [2.75, 3.05) is 0 Å². The van der Waals surface area contributed by atoms with Gasteiger partial charge in [-0.25, -0.2) is 0 Å². The summed E-state index contributed by atoms with van der Waals surface area (Å²) in [6.45, 7) is 6.30. The van der Waals surface area contributed by atoms with Gasteiger partial charge in [0.1, 0.15) is 0 Å². The molecule has 0 aliphatic heterocycles. The highest BCUT2D eigenvalue weighted by molar-refractivity contribution is 5.81. The minimum Gasteiger partial charge on any atom is -0.352 e. The normalized spacial score (nSPS) is 14.5. The van der Waals surface area contributed by atoms with Crippen LogP contribution < -0.4 is 11.1 Å². The Morgan fingerprint density at radius 1 is 1.12 bits per heavy atom. The van der Waals surface area contributed by atoms with E-state index in [1.807, 2.05) is 6.92 Å². The maximum Gasteiger partial charge on any atom is 0.237 e. The first-order chi connectivity index (χ1) is 7.61. The molecule has 0 aromatic carbocycles. The summed E-state index contributed by atoms with van der Waals surface area (Å²) in [5.74, 6) is 0.00448. The zero-order valence-corrected chi connectivity index (χ0v) is 11.1. The van der Waals surface area contributed by atoms with E-state index in [9.17, 15) is 4.79 Å². The van der Waals surface area contributed by atoms with E-state index in [2.05, 4.69) is 19.2 Å². The number of carbonyl (C=O) groups excluding carboxylic acids is 1. The van der Waals surface area contributed by atoms with Crippen molar-refractivity contribution in [3.8, 4) is 0 Å². The molecule has 0 aliphatic carbocycles. The van der Waals surface area contributed by atoms with Crippen LogP contribution in [0, 0.1) is 0 Å². The van der Waals surface area contributed by atoms with Crippen molar-refractivity contribution < 1.29 is 4.79 Å². The molecule has 0 radical (unpaired) electrons. The lowest BCUT2D eigenvalue weighted by molar-refractivity contribution is -0.123. The van der Waals surface area contributed by atoms with Gasteiger partial charge in [0.15, 0.2) is 0 Å². The molecule has 16 heavy (non-hydrogen) atoms. The molecule has 0 rings (SSSR count). The summed E-state index contributed by atoms with van der Waals surface area (Å²) < 4.78 is 0. The van der Waals surface area contributed by atoms with Crippen LogP contribution in [-0.4, -0.2) is 18.0 Å². The Morgan fingerprint density at radius 3 is 2.38 bits per heavy atom. The molecule has 3 N–H and O–H groups in total. The highest BCUT2D eigenvalue weighted by atomic mass is 16.2. The second-order valence-electron chi connectivity index (χ2n) is 4.65. The Balaban J connectivity index is 3.61. The number of hydrogen-bond acceptors (Lipinski definition) is 2. The number of amides is 1. The van der Waals surface area contributed by atoms with Crippen LogP contribution in [0.3, 0.4) is 0 Å². The molecule has 0 bridgehead atoms. The molecule has 0 heterocycles. The maximum atomic E-state index is 11.6. The topological polar surface area (TPSA) is 55.1 Å². The van der Waals surface area contributed by atoms with E-state index in [4.69, 9.17) is 5.73 Å². The number of carbonyl (C=O) groups is 1. The van der Waals surface area contributed by atoms with Crippen LogP contribution >= 0.6 is 0 Å². The van der Waals surface area contributed by atoms with Crippen LogP contribution in [0.15, 0.2) is 0 Å². The molecule has 2 unspecified atom stereocenters. The molecule has 0 aromatic heterocycles. The van der Waals surface area contributed by atoms with Gasteiger partial charge in [-0.3, -0.25) is 4.79 Å². The predicted octanol–water partition coefficient (Wildman–Crippen LogP) is 2.59. The number of hydrogen-bond donors (Lipinski definition) is 2. The van der Waals surface area contributed by atoms with E-state index in [0.29, 0.717) is 0 Å². The minimum atomic E-state index is -0.330. The highest BCUT2D eigenvalue weighted by Crippen LogP contribution is 2.05. The summed E-state index contributed by atoms with van der Waals surface area (Å²) in [5.41, 5.74) is 5.74. The third-order valence-electron chi connectivity index (χ3n) is 2.82. The van der Waals surface area contributed by atoms with Crippen LogP contribution in [0.4, 0.5) is 0 Å². The van der Waals surface area contributed by atoms with Crippen molar-refractivity contribution in [2.24, 2.45) is 5.73 Å². The maximum absolute atomic E-state index is 11.6. The lowest BCUT2D eigenvalue weighted by atomic mass is 10.1. The zero-order valence-electron chi connectivity index (χ0n) is 11.1. The Hall–Kier alpha value is -0.570. The zero-order chi connectivity index (χ0) is 12.4. The van der Waals surface area contributed by atoms with Crippen LogP contribution in [0.2, 0.25) is 0 Å². The molecule has 0 aromatic rings. The standard InChI is InChI=1S/C13H28N2O/c1-4-6-7-8-10-11(3)15-13(16)12(14)9-5-2/h11-12H,4-10,14H2,1-3H3,(H,15,16). The smallest absolute Gasteiger partial charge is 0.237 e. The van der Waals surface area contributed by atoms with E-state index >= 15 is 0 Å². The van der Waals surface area contributed by atoms with Gasteiger partial charge in [-0.2, -0.15) is 0 Å². The molecule has 1 amide bonds. The molecule has 96 valence electrons. The van der Waals surface area contributed by atoms with Crippen molar-refractivity contribution in [3.63, 3.8) is 0 Å². The molecule has 0 saturated heterocycles. The Morgan fingerprint density at radius 2 is 1.81 bits per heavy atom. The second kappa shape index (κ2) is 9.64. The SMILES string of the molecule is CCCCCCC(C)NC(=O)C(N)CCC. The lowest BCUT2D eigenvalue weighted by Crippen LogP contribution is -2.44. The number of nitrogens with two attached hydrogens (primary N) is 1. The fourth-order valence-corrected chi connectivity index (χ4v) is 1.74. The van der Waals surface area contributed by atoms with Gasteiger partial charge in [-0.05, 0) is 19.8 Å². The van der Waals surface area contributed by atoms with E-state index < -0.39 is 0 Å². The molecule has 0 aliphatic rings. The third-order valence-corrected chi connectivity index (χ3v) is 2.82. The van der Waals surface area contributed by atoms with Gasteiger partial charge >= 0.3 is 0 Å². The van der Waals surface area contributed by atoms with Gasteiger partial charge in [0, 0.05) is 6.04 Å². The van der Waals surface area contributed by atoms with Gasteiger partial charge < -0.3 is 11.1 Å². The fraction of sp³-hybridized carbons (Fsp3) is 0.923. The second-order valence-corrected chi connectivity index (χ2v) is 4.65.